The molecule has 0 saturated heterocycles. The van der Waals surface area contributed by atoms with Gasteiger partial charge in [0, 0.05) is 25.5 Å². The summed E-state index contributed by atoms with van der Waals surface area (Å²) in [5, 5.41) is 6.96. The van der Waals surface area contributed by atoms with Crippen molar-refractivity contribution in [3.8, 4) is 0 Å². The highest BCUT2D eigenvalue weighted by atomic mass is 35.5. The van der Waals surface area contributed by atoms with Crippen LogP contribution < -0.4 is 11.1 Å². The van der Waals surface area contributed by atoms with E-state index in [0.717, 1.165) is 19.4 Å². The molecule has 0 aliphatic rings. The van der Waals surface area contributed by atoms with Gasteiger partial charge in [0.15, 0.2) is 0 Å². The van der Waals surface area contributed by atoms with Crippen molar-refractivity contribution in [2.24, 2.45) is 5.73 Å². The number of aromatic nitrogens is 2. The predicted molar refractivity (Wildman–Crippen MR) is 74.6 cm³/mol. The van der Waals surface area contributed by atoms with Gasteiger partial charge in [-0.2, -0.15) is 5.10 Å². The number of nitrogens with two attached hydrogens (primary N) is 1. The van der Waals surface area contributed by atoms with Crippen molar-refractivity contribution in [2.75, 3.05) is 6.54 Å². The normalized spacial score (nSPS) is 13.5. The molecular weight excluding hydrogens is 252 g/mol. The molecular formula is C12H23ClN4O. The molecule has 6 heteroatoms. The molecule has 1 aromatic heterocycles. The maximum Gasteiger partial charge on any atom is 0.239 e. The number of nitrogens with zero attached hydrogens (tertiary/aromatic N) is 2. The van der Waals surface area contributed by atoms with Gasteiger partial charge in [-0.15, -0.1) is 12.4 Å². The third-order valence-electron chi connectivity index (χ3n) is 2.70. The summed E-state index contributed by atoms with van der Waals surface area (Å²) in [5.74, 6) is -0.0696. The lowest BCUT2D eigenvalue weighted by molar-refractivity contribution is -0.126. The number of rotatable bonds is 7. The predicted octanol–water partition coefficient (Wildman–Crippen LogP) is 1.33. The molecule has 104 valence electrons. The standard InChI is InChI=1S/C12H22N4O.ClH/c1-3-6-12(2,13)11(17)14-7-4-9-16-10-5-8-15-16;/h5,8,10H,3-4,6-7,9,13H2,1-2H3,(H,14,17);1H. The summed E-state index contributed by atoms with van der Waals surface area (Å²) >= 11 is 0. The number of nitrogens with one attached hydrogen (secondary N) is 1. The van der Waals surface area contributed by atoms with Gasteiger partial charge in [-0.3, -0.25) is 9.48 Å². The molecule has 1 amide bonds. The second kappa shape index (κ2) is 8.11. The molecule has 0 aliphatic carbocycles. The van der Waals surface area contributed by atoms with Crippen LogP contribution in [0.4, 0.5) is 0 Å². The van der Waals surface area contributed by atoms with Crippen LogP contribution in [0.1, 0.15) is 33.1 Å². The smallest absolute Gasteiger partial charge is 0.239 e. The number of carbonyl (C=O) groups excluding carboxylic acids is 1. The topological polar surface area (TPSA) is 72.9 Å². The molecule has 0 spiro atoms. The maximum absolute atomic E-state index is 11.8. The summed E-state index contributed by atoms with van der Waals surface area (Å²) in [6, 6.07) is 1.89. The van der Waals surface area contributed by atoms with Crippen LogP contribution in [0.25, 0.3) is 0 Å². The van der Waals surface area contributed by atoms with Gasteiger partial charge in [0.1, 0.15) is 0 Å². The maximum atomic E-state index is 11.8. The Labute approximate surface area is 115 Å². The minimum absolute atomic E-state index is 0. The summed E-state index contributed by atoms with van der Waals surface area (Å²) < 4.78 is 1.85. The Morgan fingerprint density at radius 1 is 1.56 bits per heavy atom. The van der Waals surface area contributed by atoms with Crippen LogP contribution in [-0.2, 0) is 11.3 Å². The van der Waals surface area contributed by atoms with Gasteiger partial charge in [-0.25, -0.2) is 0 Å². The lowest BCUT2D eigenvalue weighted by Crippen LogP contribution is -2.51. The molecule has 0 aromatic carbocycles. The number of hydrogen-bond donors (Lipinski definition) is 2. The Hall–Kier alpha value is -1.07. The molecule has 1 aromatic rings. The zero-order valence-electron chi connectivity index (χ0n) is 11.1. The van der Waals surface area contributed by atoms with Gasteiger partial charge in [0.2, 0.25) is 5.91 Å². The van der Waals surface area contributed by atoms with Crippen LogP contribution in [0.2, 0.25) is 0 Å². The summed E-state index contributed by atoms with van der Waals surface area (Å²) in [6.45, 7) is 5.24. The van der Waals surface area contributed by atoms with Gasteiger partial charge < -0.3 is 11.1 Å². The van der Waals surface area contributed by atoms with Crippen LogP contribution in [0.5, 0.6) is 0 Å². The molecule has 1 unspecified atom stereocenters. The summed E-state index contributed by atoms with van der Waals surface area (Å²) in [6.07, 6.45) is 6.13. The summed E-state index contributed by atoms with van der Waals surface area (Å²) in [4.78, 5) is 11.8. The Morgan fingerprint density at radius 3 is 2.83 bits per heavy atom. The molecule has 0 radical (unpaired) electrons. The van der Waals surface area contributed by atoms with Crippen LogP contribution in [0, 0.1) is 0 Å². The Morgan fingerprint density at radius 2 is 2.28 bits per heavy atom. The lowest BCUT2D eigenvalue weighted by Gasteiger charge is -2.22. The molecule has 5 nitrogen and oxygen atoms in total. The SMILES string of the molecule is CCCC(C)(N)C(=O)NCCCn1cccn1.Cl. The second-order valence-electron chi connectivity index (χ2n) is 4.55. The number of halogens is 1. The van der Waals surface area contributed by atoms with Crippen molar-refractivity contribution in [1.29, 1.82) is 0 Å². The van der Waals surface area contributed by atoms with Crippen molar-refractivity contribution >= 4 is 18.3 Å². The van der Waals surface area contributed by atoms with Gasteiger partial charge in [-0.05, 0) is 25.8 Å². The fourth-order valence-electron chi connectivity index (χ4n) is 1.71. The molecule has 1 heterocycles. The first kappa shape index (κ1) is 16.9. The highest BCUT2D eigenvalue weighted by Gasteiger charge is 2.26. The van der Waals surface area contributed by atoms with Crippen LogP contribution in [0.3, 0.4) is 0 Å². The van der Waals surface area contributed by atoms with Crippen molar-refractivity contribution in [1.82, 2.24) is 15.1 Å². The second-order valence-corrected chi connectivity index (χ2v) is 4.55. The molecule has 3 N–H and O–H groups in total. The Balaban J connectivity index is 0.00000289. The monoisotopic (exact) mass is 274 g/mol. The highest BCUT2D eigenvalue weighted by Crippen LogP contribution is 2.08. The van der Waals surface area contributed by atoms with Crippen LogP contribution in [-0.4, -0.2) is 27.8 Å². The van der Waals surface area contributed by atoms with E-state index in [9.17, 15) is 4.79 Å². The highest BCUT2D eigenvalue weighted by molar-refractivity contribution is 5.85. The van der Waals surface area contributed by atoms with Crippen LogP contribution in [0.15, 0.2) is 18.5 Å². The quantitative estimate of drug-likeness (QED) is 0.737. The first-order valence-electron chi connectivity index (χ1n) is 6.11. The minimum atomic E-state index is -0.750. The minimum Gasteiger partial charge on any atom is -0.354 e. The average molecular weight is 275 g/mol. The van der Waals surface area contributed by atoms with Gasteiger partial charge in [0.05, 0.1) is 5.54 Å². The first-order valence-corrected chi connectivity index (χ1v) is 6.11. The average Bonchev–Trinajstić information content (AvgIpc) is 2.76. The van der Waals surface area contributed by atoms with Crippen molar-refractivity contribution in [3.63, 3.8) is 0 Å². The van der Waals surface area contributed by atoms with Crippen LogP contribution >= 0.6 is 12.4 Å². The van der Waals surface area contributed by atoms with E-state index in [0.29, 0.717) is 13.0 Å². The van der Waals surface area contributed by atoms with E-state index >= 15 is 0 Å². The fourth-order valence-corrected chi connectivity index (χ4v) is 1.71. The Bertz CT molecular complexity index is 338. The molecule has 18 heavy (non-hydrogen) atoms. The first-order chi connectivity index (χ1) is 8.06. The number of amides is 1. The van der Waals surface area contributed by atoms with E-state index in [2.05, 4.69) is 10.4 Å². The van der Waals surface area contributed by atoms with E-state index < -0.39 is 5.54 Å². The third kappa shape index (κ3) is 5.51. The van der Waals surface area contributed by atoms with Crippen molar-refractivity contribution < 1.29 is 4.79 Å². The van der Waals surface area contributed by atoms with E-state index in [1.807, 2.05) is 23.9 Å². The summed E-state index contributed by atoms with van der Waals surface area (Å²) in [5.41, 5.74) is 5.17. The largest absolute Gasteiger partial charge is 0.354 e. The summed E-state index contributed by atoms with van der Waals surface area (Å²) in [7, 11) is 0. The molecule has 0 fully saturated rings. The van der Waals surface area contributed by atoms with Gasteiger partial charge in [-0.1, -0.05) is 13.3 Å². The Kier molecular flexibility index (Phi) is 7.62. The zero-order valence-corrected chi connectivity index (χ0v) is 11.9. The molecule has 1 atom stereocenters. The zero-order chi connectivity index (χ0) is 12.7. The molecule has 0 aliphatic heterocycles. The third-order valence-corrected chi connectivity index (χ3v) is 2.70. The molecule has 0 bridgehead atoms. The van der Waals surface area contributed by atoms with Gasteiger partial charge in [0.25, 0.3) is 0 Å². The van der Waals surface area contributed by atoms with E-state index in [1.165, 1.54) is 0 Å². The van der Waals surface area contributed by atoms with E-state index in [1.54, 1.807) is 13.1 Å². The number of carbonyl (C=O) groups is 1. The fraction of sp³-hybridized carbons (Fsp3) is 0.667. The van der Waals surface area contributed by atoms with Crippen molar-refractivity contribution in [3.05, 3.63) is 18.5 Å². The van der Waals surface area contributed by atoms with E-state index in [4.69, 9.17) is 5.73 Å². The molecule has 1 rings (SSSR count). The molecule has 0 saturated carbocycles. The van der Waals surface area contributed by atoms with Gasteiger partial charge >= 0.3 is 0 Å². The number of hydrogen-bond acceptors (Lipinski definition) is 3. The lowest BCUT2D eigenvalue weighted by atomic mass is 9.96. The van der Waals surface area contributed by atoms with Crippen molar-refractivity contribution in [2.45, 2.75) is 45.2 Å². The van der Waals surface area contributed by atoms with E-state index in [-0.39, 0.29) is 18.3 Å². The number of aryl methyl sites for hydroxylation is 1.